The van der Waals surface area contributed by atoms with Crippen molar-refractivity contribution >= 4 is 33.7 Å². The monoisotopic (exact) mass is 534 g/mol. The quantitative estimate of drug-likeness (QED) is 0.155. The van der Waals surface area contributed by atoms with Gasteiger partial charge in [0, 0.05) is 28.7 Å². The van der Waals surface area contributed by atoms with Gasteiger partial charge in [0.25, 0.3) is 5.79 Å². The Labute approximate surface area is 204 Å². The van der Waals surface area contributed by atoms with Crippen molar-refractivity contribution in [1.82, 2.24) is 9.97 Å². The molecule has 0 saturated heterocycles. The van der Waals surface area contributed by atoms with Crippen LogP contribution in [-0.2, 0) is 37.4 Å². The summed E-state index contributed by atoms with van der Waals surface area (Å²) in [6, 6.07) is 2.63. The average molecular weight is 534 g/mol. The van der Waals surface area contributed by atoms with E-state index < -0.39 is 75.5 Å². The Morgan fingerprint density at radius 3 is 2.05 bits per heavy atom. The predicted octanol–water partition coefficient (Wildman–Crippen LogP) is 3.79. The zero-order valence-corrected chi connectivity index (χ0v) is 19.3. The van der Waals surface area contributed by atoms with Gasteiger partial charge in [-0.3, -0.25) is 19.6 Å². The van der Waals surface area contributed by atoms with Crippen LogP contribution < -0.4 is 0 Å². The molecule has 0 unspecified atom stereocenters. The third kappa shape index (κ3) is 5.30. The molecule has 0 saturated carbocycles. The normalized spacial score (nSPS) is 12.8. The van der Waals surface area contributed by atoms with Gasteiger partial charge in [-0.05, 0) is 44.0 Å². The number of aliphatic hydroxyl groups is 2. The Morgan fingerprint density at radius 2 is 1.54 bits per heavy atom. The molecule has 0 atom stereocenters. The van der Waals surface area contributed by atoms with Crippen LogP contribution >= 0.6 is 0 Å². The molecule has 8 nitrogen and oxygen atoms in total. The van der Waals surface area contributed by atoms with E-state index in [1.165, 1.54) is 19.9 Å². The van der Waals surface area contributed by atoms with E-state index in [2.05, 4.69) is 9.97 Å². The van der Waals surface area contributed by atoms with Gasteiger partial charge in [0.2, 0.25) is 0 Å². The number of hydrogen-bond donors (Lipinski definition) is 2. The molecule has 0 amide bonds. The number of pyridine rings is 2. The lowest BCUT2D eigenvalue weighted by Crippen LogP contribution is -2.42. The van der Waals surface area contributed by atoms with Crippen molar-refractivity contribution in [2.75, 3.05) is 13.2 Å². The van der Waals surface area contributed by atoms with Gasteiger partial charge in [-0.1, -0.05) is 0 Å². The van der Waals surface area contributed by atoms with E-state index in [-0.39, 0.29) is 18.6 Å². The summed E-state index contributed by atoms with van der Waals surface area (Å²) in [6.45, 7) is 2.45. The van der Waals surface area contributed by atoms with Crippen LogP contribution in [0.3, 0.4) is 0 Å². The van der Waals surface area contributed by atoms with Crippen LogP contribution in [0.1, 0.15) is 30.5 Å². The zero-order chi connectivity index (χ0) is 27.8. The number of carbonyl (C=O) groups is 2. The van der Waals surface area contributed by atoms with Crippen LogP contribution in [0.2, 0.25) is 0 Å². The summed E-state index contributed by atoms with van der Waals surface area (Å²) in [5.41, 5.74) is -4.69. The summed E-state index contributed by atoms with van der Waals surface area (Å²) in [4.78, 5) is 32.3. The lowest BCUT2D eigenvalue weighted by atomic mass is 9.91. The summed E-state index contributed by atoms with van der Waals surface area (Å²) >= 11 is 0. The fourth-order valence-electron chi connectivity index (χ4n) is 3.82. The number of hydrogen-bond acceptors (Lipinski definition) is 8. The molecule has 0 aliphatic carbocycles. The number of fused-ring (bicyclic) bond motifs is 3. The van der Waals surface area contributed by atoms with Crippen molar-refractivity contribution in [3.63, 3.8) is 0 Å². The van der Waals surface area contributed by atoms with E-state index in [1.807, 2.05) is 0 Å². The second-order valence-corrected chi connectivity index (χ2v) is 7.81. The maximum absolute atomic E-state index is 14.4. The molecular weight excluding hydrogens is 514 g/mol. The van der Waals surface area contributed by atoms with E-state index in [9.17, 15) is 46.1 Å². The number of rotatable bonds is 7. The Kier molecular flexibility index (Phi) is 7.65. The number of carbonyl (C=O) groups excluding carboxylic acids is 2. The summed E-state index contributed by atoms with van der Waals surface area (Å²) < 4.78 is 93.1. The van der Waals surface area contributed by atoms with Gasteiger partial charge in [-0.15, -0.1) is 0 Å². The first kappa shape index (κ1) is 28.1. The molecule has 37 heavy (non-hydrogen) atoms. The first-order valence-corrected chi connectivity index (χ1v) is 10.8. The van der Waals surface area contributed by atoms with Crippen molar-refractivity contribution in [2.45, 2.75) is 38.4 Å². The first-order chi connectivity index (χ1) is 17.1. The van der Waals surface area contributed by atoms with E-state index in [0.717, 1.165) is 18.5 Å². The Balaban J connectivity index is 2.38. The molecule has 1 aromatic carbocycles. The van der Waals surface area contributed by atoms with Crippen LogP contribution in [-0.4, -0.2) is 51.5 Å². The molecule has 0 radical (unpaired) electrons. The maximum Gasteiger partial charge on any atom is 0.447 e. The third-order valence-electron chi connectivity index (χ3n) is 5.42. The maximum atomic E-state index is 14.4. The van der Waals surface area contributed by atoms with Gasteiger partial charge in [-0.25, -0.2) is 0 Å². The molecular formula is C23H20F6N2O6. The molecule has 2 aromatic heterocycles. The lowest BCUT2D eigenvalue weighted by Gasteiger charge is -2.27. The van der Waals surface area contributed by atoms with E-state index >= 15 is 0 Å². The van der Waals surface area contributed by atoms with Gasteiger partial charge in [-0.2, -0.15) is 26.3 Å². The first-order valence-electron chi connectivity index (χ1n) is 10.8. The second kappa shape index (κ2) is 10.1. The van der Waals surface area contributed by atoms with E-state index in [1.54, 1.807) is 0 Å². The zero-order valence-electron chi connectivity index (χ0n) is 19.3. The molecule has 200 valence electrons. The molecule has 0 aliphatic rings. The second-order valence-electron chi connectivity index (χ2n) is 7.81. The van der Waals surface area contributed by atoms with Gasteiger partial charge in [0.15, 0.2) is 5.92 Å². The summed E-state index contributed by atoms with van der Waals surface area (Å²) in [5, 5.41) is 18.6. The molecule has 0 aliphatic heterocycles. The molecule has 0 fully saturated rings. The van der Waals surface area contributed by atoms with Crippen LogP contribution in [0.4, 0.5) is 26.3 Å². The largest absolute Gasteiger partial charge is 0.465 e. The number of esters is 2. The highest BCUT2D eigenvalue weighted by molar-refractivity contribution is 6.07. The molecule has 2 heterocycles. The number of aromatic nitrogens is 2. The highest BCUT2D eigenvalue weighted by Gasteiger charge is 2.55. The molecule has 3 aromatic rings. The number of nitrogens with zero attached hydrogens (tertiary/aromatic N) is 2. The van der Waals surface area contributed by atoms with Crippen molar-refractivity contribution in [2.24, 2.45) is 5.92 Å². The minimum Gasteiger partial charge on any atom is -0.465 e. The molecule has 3 rings (SSSR count). The minimum atomic E-state index is -5.70. The molecule has 0 bridgehead atoms. The van der Waals surface area contributed by atoms with Gasteiger partial charge in [0.05, 0.1) is 29.8 Å². The van der Waals surface area contributed by atoms with Crippen molar-refractivity contribution in [3.05, 3.63) is 47.3 Å². The Morgan fingerprint density at radius 1 is 0.946 bits per heavy atom. The number of benzene rings is 1. The van der Waals surface area contributed by atoms with Crippen molar-refractivity contribution < 1.29 is 55.6 Å². The number of ether oxygens (including phenoxy) is 2. The molecule has 0 spiro atoms. The van der Waals surface area contributed by atoms with E-state index in [0.29, 0.717) is 6.07 Å². The van der Waals surface area contributed by atoms with E-state index in [4.69, 9.17) is 9.47 Å². The highest BCUT2D eigenvalue weighted by atomic mass is 19.4. The number of alkyl halides is 6. The average Bonchev–Trinajstić information content (AvgIpc) is 2.80. The summed E-state index contributed by atoms with van der Waals surface area (Å²) in [6.07, 6.45) is -10.1. The lowest BCUT2D eigenvalue weighted by molar-refractivity contribution is -0.357. The summed E-state index contributed by atoms with van der Waals surface area (Å²) in [5.74, 6) is -8.73. The Bertz CT molecular complexity index is 1320. The van der Waals surface area contributed by atoms with Gasteiger partial charge in [0.1, 0.15) is 0 Å². The van der Waals surface area contributed by atoms with Gasteiger partial charge < -0.3 is 19.7 Å². The SMILES string of the molecule is CCOC(=O)C(Cc1cnc2c(cc(C(O)(O)C(F)(F)F)c3ncccc32)c1C(F)(F)F)C(=O)OCC. The van der Waals surface area contributed by atoms with Crippen LogP contribution in [0.5, 0.6) is 0 Å². The fourth-order valence-corrected chi connectivity index (χ4v) is 3.82. The van der Waals surface area contributed by atoms with Crippen molar-refractivity contribution in [3.8, 4) is 0 Å². The van der Waals surface area contributed by atoms with Gasteiger partial charge >= 0.3 is 24.3 Å². The van der Waals surface area contributed by atoms with Crippen LogP contribution in [0.15, 0.2) is 30.6 Å². The van der Waals surface area contributed by atoms with Crippen LogP contribution in [0, 0.1) is 5.92 Å². The fraction of sp³-hybridized carbons (Fsp3) is 0.391. The predicted molar refractivity (Wildman–Crippen MR) is 115 cm³/mol. The summed E-state index contributed by atoms with van der Waals surface area (Å²) in [7, 11) is 0. The topological polar surface area (TPSA) is 119 Å². The Hall–Kier alpha value is -3.52. The smallest absolute Gasteiger partial charge is 0.447 e. The minimum absolute atomic E-state index is 0.189. The van der Waals surface area contributed by atoms with Crippen molar-refractivity contribution in [1.29, 1.82) is 0 Å². The third-order valence-corrected chi connectivity index (χ3v) is 5.42. The number of halogens is 6. The van der Waals surface area contributed by atoms with Crippen LogP contribution in [0.25, 0.3) is 21.8 Å². The highest BCUT2D eigenvalue weighted by Crippen LogP contribution is 2.44. The standard InChI is InChI=1S/C23H20F6N2O6/c1-3-36-19(32)14(20(33)37-4-2)8-11-10-31-17-12-6-5-7-30-18(12)15(21(34,35)23(27,28)29)9-13(17)16(11)22(24,25)26/h5-7,9-10,14,34-35H,3-4,8H2,1-2H3. The molecule has 2 N–H and O–H groups in total. The molecule has 14 heteroatoms.